The zero-order valence-corrected chi connectivity index (χ0v) is 12.7. The highest BCUT2D eigenvalue weighted by atomic mass is 79.9. The molecule has 1 aliphatic rings. The number of Topliss-reactive ketones (excluding diaryl/α,β-unsaturated/α-hetero) is 1. The second-order valence-corrected chi connectivity index (χ2v) is 5.97. The molecule has 1 aromatic carbocycles. The third-order valence-electron chi connectivity index (χ3n) is 3.76. The highest BCUT2D eigenvalue weighted by molar-refractivity contribution is 9.10. The van der Waals surface area contributed by atoms with Crippen LogP contribution in [0.4, 0.5) is 5.69 Å². The number of halogens is 1. The second-order valence-electron chi connectivity index (χ2n) is 5.05. The average molecular weight is 310 g/mol. The SMILES string of the molecule is CCN(CC1CCC1)c1cc(Br)ccc1C(C)=O. The van der Waals surface area contributed by atoms with E-state index in [1.807, 2.05) is 12.1 Å². The Kier molecular flexibility index (Phi) is 4.44. The van der Waals surface area contributed by atoms with Gasteiger partial charge in [0.25, 0.3) is 0 Å². The van der Waals surface area contributed by atoms with E-state index in [-0.39, 0.29) is 5.78 Å². The summed E-state index contributed by atoms with van der Waals surface area (Å²) in [7, 11) is 0. The molecular weight excluding hydrogens is 290 g/mol. The Hall–Kier alpha value is -0.830. The van der Waals surface area contributed by atoms with Crippen LogP contribution in [0.25, 0.3) is 0 Å². The van der Waals surface area contributed by atoms with Crippen LogP contribution in [0.15, 0.2) is 22.7 Å². The van der Waals surface area contributed by atoms with Crippen LogP contribution in [-0.2, 0) is 0 Å². The molecule has 0 unspecified atom stereocenters. The number of rotatable bonds is 5. The van der Waals surface area contributed by atoms with Crippen LogP contribution in [0, 0.1) is 5.92 Å². The fourth-order valence-corrected chi connectivity index (χ4v) is 2.80. The first-order chi connectivity index (χ1) is 8.61. The van der Waals surface area contributed by atoms with Crippen LogP contribution in [0.1, 0.15) is 43.5 Å². The minimum atomic E-state index is 0.143. The van der Waals surface area contributed by atoms with Crippen molar-refractivity contribution in [2.45, 2.75) is 33.1 Å². The molecule has 1 fully saturated rings. The van der Waals surface area contributed by atoms with Crippen molar-refractivity contribution in [3.63, 3.8) is 0 Å². The van der Waals surface area contributed by atoms with E-state index in [4.69, 9.17) is 0 Å². The summed E-state index contributed by atoms with van der Waals surface area (Å²) in [4.78, 5) is 14.1. The highest BCUT2D eigenvalue weighted by Crippen LogP contribution is 2.31. The molecule has 18 heavy (non-hydrogen) atoms. The van der Waals surface area contributed by atoms with E-state index >= 15 is 0 Å². The van der Waals surface area contributed by atoms with E-state index < -0.39 is 0 Å². The first kappa shape index (κ1) is 13.6. The van der Waals surface area contributed by atoms with Crippen molar-refractivity contribution < 1.29 is 4.79 Å². The predicted octanol–water partition coefficient (Wildman–Crippen LogP) is 4.28. The van der Waals surface area contributed by atoms with Gasteiger partial charge in [0.05, 0.1) is 0 Å². The van der Waals surface area contributed by atoms with Crippen LogP contribution in [0.3, 0.4) is 0 Å². The topological polar surface area (TPSA) is 20.3 Å². The van der Waals surface area contributed by atoms with Crippen LogP contribution in [0.2, 0.25) is 0 Å². The Morgan fingerprint density at radius 3 is 2.67 bits per heavy atom. The minimum Gasteiger partial charge on any atom is -0.371 e. The average Bonchev–Trinajstić information content (AvgIpc) is 2.27. The van der Waals surface area contributed by atoms with Gasteiger partial charge < -0.3 is 4.90 Å². The molecular formula is C15H20BrNO. The van der Waals surface area contributed by atoms with Crippen molar-refractivity contribution in [2.75, 3.05) is 18.0 Å². The van der Waals surface area contributed by atoms with E-state index in [1.54, 1.807) is 6.92 Å². The number of hydrogen-bond acceptors (Lipinski definition) is 2. The predicted molar refractivity (Wildman–Crippen MR) is 79.4 cm³/mol. The normalized spacial score (nSPS) is 15.3. The Balaban J connectivity index is 2.26. The van der Waals surface area contributed by atoms with E-state index in [9.17, 15) is 4.79 Å². The molecule has 98 valence electrons. The largest absolute Gasteiger partial charge is 0.371 e. The van der Waals surface area contributed by atoms with Gasteiger partial charge in [-0.2, -0.15) is 0 Å². The van der Waals surface area contributed by atoms with Crippen molar-refractivity contribution in [1.29, 1.82) is 0 Å². The number of anilines is 1. The van der Waals surface area contributed by atoms with Crippen molar-refractivity contribution in [3.05, 3.63) is 28.2 Å². The molecule has 1 saturated carbocycles. The number of nitrogens with zero attached hydrogens (tertiary/aromatic N) is 1. The van der Waals surface area contributed by atoms with Crippen molar-refractivity contribution >= 4 is 27.4 Å². The standard InChI is InChI=1S/C15H20BrNO/c1-3-17(10-12-5-4-6-12)15-9-13(16)7-8-14(15)11(2)18/h7-9,12H,3-6,10H2,1-2H3. The molecule has 0 amide bonds. The maximum absolute atomic E-state index is 11.7. The fraction of sp³-hybridized carbons (Fsp3) is 0.533. The van der Waals surface area contributed by atoms with E-state index in [2.05, 4.69) is 33.8 Å². The molecule has 0 radical (unpaired) electrons. The lowest BCUT2D eigenvalue weighted by atomic mass is 9.85. The molecule has 2 nitrogen and oxygen atoms in total. The number of hydrogen-bond donors (Lipinski definition) is 0. The second kappa shape index (κ2) is 5.87. The highest BCUT2D eigenvalue weighted by Gasteiger charge is 2.22. The summed E-state index contributed by atoms with van der Waals surface area (Å²) < 4.78 is 1.04. The van der Waals surface area contributed by atoms with Crippen LogP contribution in [0.5, 0.6) is 0 Å². The maximum Gasteiger partial charge on any atom is 0.161 e. The summed E-state index contributed by atoms with van der Waals surface area (Å²) in [6.45, 7) is 5.83. The molecule has 1 aliphatic carbocycles. The van der Waals surface area contributed by atoms with Crippen molar-refractivity contribution in [1.82, 2.24) is 0 Å². The summed E-state index contributed by atoms with van der Waals surface area (Å²) in [5.41, 5.74) is 1.91. The molecule has 0 saturated heterocycles. The first-order valence-corrected chi connectivity index (χ1v) is 7.46. The van der Waals surface area contributed by atoms with Gasteiger partial charge in [0.15, 0.2) is 5.78 Å². The molecule has 0 spiro atoms. The maximum atomic E-state index is 11.7. The lowest BCUT2D eigenvalue weighted by Gasteiger charge is -2.34. The quantitative estimate of drug-likeness (QED) is 0.757. The summed E-state index contributed by atoms with van der Waals surface area (Å²) in [6, 6.07) is 5.93. The Bertz CT molecular complexity index is 440. The van der Waals surface area contributed by atoms with Crippen LogP contribution in [-0.4, -0.2) is 18.9 Å². The lowest BCUT2D eigenvalue weighted by Crippen LogP contribution is -2.33. The van der Waals surface area contributed by atoms with E-state index in [1.165, 1.54) is 19.3 Å². The summed E-state index contributed by atoms with van der Waals surface area (Å²) in [5, 5.41) is 0. The molecule has 0 N–H and O–H groups in total. The molecule has 1 aromatic rings. The Labute approximate surface area is 117 Å². The van der Waals surface area contributed by atoms with Gasteiger partial charge in [0.2, 0.25) is 0 Å². The number of ketones is 1. The molecule has 0 aliphatic heterocycles. The Morgan fingerprint density at radius 2 is 2.17 bits per heavy atom. The van der Waals surface area contributed by atoms with Gasteiger partial charge >= 0.3 is 0 Å². The lowest BCUT2D eigenvalue weighted by molar-refractivity contribution is 0.101. The Morgan fingerprint density at radius 1 is 1.44 bits per heavy atom. The summed E-state index contributed by atoms with van der Waals surface area (Å²) >= 11 is 3.50. The molecule has 0 bridgehead atoms. The summed E-state index contributed by atoms with van der Waals surface area (Å²) in [5.74, 6) is 0.952. The number of carbonyl (C=O) groups is 1. The van der Waals surface area contributed by atoms with Crippen LogP contribution >= 0.6 is 15.9 Å². The zero-order valence-electron chi connectivity index (χ0n) is 11.1. The molecule has 0 aromatic heterocycles. The van der Waals surface area contributed by atoms with Gasteiger partial charge in [0, 0.05) is 28.8 Å². The van der Waals surface area contributed by atoms with Gasteiger partial charge in [-0.05, 0) is 50.8 Å². The van der Waals surface area contributed by atoms with Crippen molar-refractivity contribution in [3.8, 4) is 0 Å². The van der Waals surface area contributed by atoms with Crippen molar-refractivity contribution in [2.24, 2.45) is 5.92 Å². The van der Waals surface area contributed by atoms with Gasteiger partial charge in [-0.1, -0.05) is 22.4 Å². The van der Waals surface area contributed by atoms with Gasteiger partial charge in [-0.25, -0.2) is 0 Å². The first-order valence-electron chi connectivity index (χ1n) is 6.67. The van der Waals surface area contributed by atoms with Gasteiger partial charge in [0.1, 0.15) is 0 Å². The molecule has 0 atom stereocenters. The molecule has 0 heterocycles. The van der Waals surface area contributed by atoms with Gasteiger partial charge in [-0.3, -0.25) is 4.79 Å². The number of carbonyl (C=O) groups excluding carboxylic acids is 1. The monoisotopic (exact) mass is 309 g/mol. The molecule has 3 heteroatoms. The van der Waals surface area contributed by atoms with Crippen LogP contribution < -0.4 is 4.90 Å². The third kappa shape index (κ3) is 2.94. The van der Waals surface area contributed by atoms with E-state index in [0.717, 1.165) is 34.7 Å². The minimum absolute atomic E-state index is 0.143. The smallest absolute Gasteiger partial charge is 0.161 e. The van der Waals surface area contributed by atoms with Gasteiger partial charge in [-0.15, -0.1) is 0 Å². The zero-order chi connectivity index (χ0) is 13.1. The summed E-state index contributed by atoms with van der Waals surface area (Å²) in [6.07, 6.45) is 4.03. The third-order valence-corrected chi connectivity index (χ3v) is 4.26. The number of benzene rings is 1. The molecule has 2 rings (SSSR count). The fourth-order valence-electron chi connectivity index (χ4n) is 2.45. The van der Waals surface area contributed by atoms with E-state index in [0.29, 0.717) is 0 Å².